The summed E-state index contributed by atoms with van der Waals surface area (Å²) >= 11 is 0. The maximum Gasteiger partial charge on any atom is 0.220 e. The first kappa shape index (κ1) is 21.2. The third-order valence-electron chi connectivity index (χ3n) is 3.85. The summed E-state index contributed by atoms with van der Waals surface area (Å²) in [5.74, 6) is 0.0657. The van der Waals surface area contributed by atoms with Crippen molar-refractivity contribution in [3.63, 3.8) is 0 Å². The highest BCUT2D eigenvalue weighted by atomic mass is 16.3. The van der Waals surface area contributed by atoms with Crippen molar-refractivity contribution in [1.29, 1.82) is 0 Å². The smallest absolute Gasteiger partial charge is 0.220 e. The number of amides is 1. The molecular weight excluding hydrogens is 274 g/mol. The maximum absolute atomic E-state index is 11.3. The van der Waals surface area contributed by atoms with E-state index in [1.807, 2.05) is 0 Å². The zero-order chi connectivity index (χ0) is 16.3. The molecule has 3 nitrogen and oxygen atoms in total. The van der Waals surface area contributed by atoms with Gasteiger partial charge in [0.15, 0.2) is 0 Å². The van der Waals surface area contributed by atoms with Gasteiger partial charge in [0.1, 0.15) is 0 Å². The first-order valence-corrected chi connectivity index (χ1v) is 9.33. The number of unbranched alkanes of at least 4 members (excludes halogenated alkanes) is 10. The summed E-state index contributed by atoms with van der Waals surface area (Å²) in [6.07, 6.45) is 20.4. The van der Waals surface area contributed by atoms with Crippen molar-refractivity contribution in [2.24, 2.45) is 0 Å². The van der Waals surface area contributed by atoms with Crippen molar-refractivity contribution < 1.29 is 9.90 Å². The molecule has 0 aromatic rings. The summed E-state index contributed by atoms with van der Waals surface area (Å²) in [6, 6.07) is 0. The quantitative estimate of drug-likeness (QED) is 0.319. The Labute approximate surface area is 137 Å². The predicted molar refractivity (Wildman–Crippen MR) is 94.9 cm³/mol. The Bertz CT molecular complexity index is 264. The molecule has 2 N–H and O–H groups in total. The molecule has 0 heterocycles. The number of aliphatic hydroxyl groups is 1. The van der Waals surface area contributed by atoms with E-state index in [0.29, 0.717) is 13.0 Å². The van der Waals surface area contributed by atoms with Gasteiger partial charge in [-0.15, -0.1) is 0 Å². The average molecular weight is 312 g/mol. The van der Waals surface area contributed by atoms with E-state index >= 15 is 0 Å². The van der Waals surface area contributed by atoms with Crippen molar-refractivity contribution in [2.75, 3.05) is 13.2 Å². The first-order chi connectivity index (χ1) is 10.8. The molecule has 22 heavy (non-hydrogen) atoms. The van der Waals surface area contributed by atoms with Crippen LogP contribution in [-0.4, -0.2) is 24.2 Å². The van der Waals surface area contributed by atoms with E-state index in [9.17, 15) is 4.79 Å². The molecule has 0 unspecified atom stereocenters. The molecule has 0 aliphatic rings. The number of hydrogen-bond acceptors (Lipinski definition) is 2. The summed E-state index contributed by atoms with van der Waals surface area (Å²) in [6.45, 7) is 2.66. The van der Waals surface area contributed by atoms with Crippen molar-refractivity contribution in [3.8, 4) is 0 Å². The summed E-state index contributed by atoms with van der Waals surface area (Å²) < 4.78 is 0. The van der Waals surface area contributed by atoms with Crippen LogP contribution in [0.5, 0.6) is 0 Å². The lowest BCUT2D eigenvalue weighted by Gasteiger charge is -2.03. The fourth-order valence-corrected chi connectivity index (χ4v) is 2.46. The van der Waals surface area contributed by atoms with Gasteiger partial charge in [0.25, 0.3) is 0 Å². The molecule has 0 saturated heterocycles. The van der Waals surface area contributed by atoms with Crippen LogP contribution in [-0.2, 0) is 4.79 Å². The van der Waals surface area contributed by atoms with E-state index in [4.69, 9.17) is 5.11 Å². The third kappa shape index (κ3) is 17.2. The van der Waals surface area contributed by atoms with E-state index in [1.165, 1.54) is 64.2 Å². The number of rotatable bonds is 16. The monoisotopic (exact) mass is 311 g/mol. The normalized spacial score (nSPS) is 11.2. The highest BCUT2D eigenvalue weighted by molar-refractivity contribution is 5.75. The SMILES string of the molecule is CCCCCCC/C=C\CCCCCCCC(=O)NCCO. The van der Waals surface area contributed by atoms with Gasteiger partial charge in [-0.05, 0) is 32.1 Å². The topological polar surface area (TPSA) is 49.3 Å². The van der Waals surface area contributed by atoms with Gasteiger partial charge in [-0.1, -0.05) is 64.0 Å². The lowest BCUT2D eigenvalue weighted by Crippen LogP contribution is -2.25. The standard InChI is InChI=1S/C19H37NO2/c1-2-3-4-5-6-7-8-9-10-11-12-13-14-15-16-19(22)20-17-18-21/h8-9,21H,2-7,10-18H2,1H3,(H,20,22)/b9-8-. The Kier molecular flexibility index (Phi) is 17.5. The van der Waals surface area contributed by atoms with Gasteiger partial charge >= 0.3 is 0 Å². The number of allylic oxidation sites excluding steroid dienone is 2. The highest BCUT2D eigenvalue weighted by Gasteiger charge is 1.99. The number of hydrogen-bond donors (Lipinski definition) is 2. The van der Waals surface area contributed by atoms with Gasteiger partial charge in [0, 0.05) is 13.0 Å². The van der Waals surface area contributed by atoms with E-state index in [0.717, 1.165) is 12.8 Å². The van der Waals surface area contributed by atoms with Crippen molar-refractivity contribution in [3.05, 3.63) is 12.2 Å². The molecule has 0 radical (unpaired) electrons. The van der Waals surface area contributed by atoms with Crippen LogP contribution in [0, 0.1) is 0 Å². The molecule has 0 atom stereocenters. The zero-order valence-electron chi connectivity index (χ0n) is 14.6. The zero-order valence-corrected chi connectivity index (χ0v) is 14.6. The number of aliphatic hydroxyl groups excluding tert-OH is 1. The van der Waals surface area contributed by atoms with Gasteiger partial charge in [0.05, 0.1) is 6.61 Å². The molecule has 3 heteroatoms. The predicted octanol–water partition coefficient (Wildman–Crippen LogP) is 4.74. The van der Waals surface area contributed by atoms with Crippen molar-refractivity contribution in [2.45, 2.75) is 90.4 Å². The summed E-state index contributed by atoms with van der Waals surface area (Å²) in [5, 5.41) is 11.3. The van der Waals surface area contributed by atoms with Crippen LogP contribution in [0.2, 0.25) is 0 Å². The van der Waals surface area contributed by atoms with Gasteiger partial charge < -0.3 is 10.4 Å². The summed E-state index contributed by atoms with van der Waals surface area (Å²) in [4.78, 5) is 11.3. The van der Waals surface area contributed by atoms with E-state index in [-0.39, 0.29) is 12.5 Å². The van der Waals surface area contributed by atoms with Gasteiger partial charge in [-0.25, -0.2) is 0 Å². The molecule has 0 rings (SSSR count). The van der Waals surface area contributed by atoms with Crippen LogP contribution in [0.25, 0.3) is 0 Å². The third-order valence-corrected chi connectivity index (χ3v) is 3.85. The Hall–Kier alpha value is -0.830. The van der Waals surface area contributed by atoms with Crippen LogP contribution < -0.4 is 5.32 Å². The van der Waals surface area contributed by atoms with E-state index in [1.54, 1.807) is 0 Å². The van der Waals surface area contributed by atoms with Crippen molar-refractivity contribution in [1.82, 2.24) is 5.32 Å². The minimum absolute atomic E-state index is 0.0258. The van der Waals surface area contributed by atoms with Crippen LogP contribution in [0.15, 0.2) is 12.2 Å². The fraction of sp³-hybridized carbons (Fsp3) is 0.842. The summed E-state index contributed by atoms with van der Waals surface area (Å²) in [5.41, 5.74) is 0. The molecule has 0 aliphatic heterocycles. The minimum Gasteiger partial charge on any atom is -0.395 e. The second kappa shape index (κ2) is 18.2. The van der Waals surface area contributed by atoms with Gasteiger partial charge in [-0.3, -0.25) is 4.79 Å². The van der Waals surface area contributed by atoms with Gasteiger partial charge in [-0.2, -0.15) is 0 Å². The number of nitrogens with one attached hydrogen (secondary N) is 1. The highest BCUT2D eigenvalue weighted by Crippen LogP contribution is 2.09. The lowest BCUT2D eigenvalue weighted by atomic mass is 10.1. The molecule has 0 spiro atoms. The molecule has 0 saturated carbocycles. The van der Waals surface area contributed by atoms with Crippen LogP contribution in [0.3, 0.4) is 0 Å². The molecular formula is C19H37NO2. The van der Waals surface area contributed by atoms with E-state index < -0.39 is 0 Å². The van der Waals surface area contributed by atoms with Crippen molar-refractivity contribution >= 4 is 5.91 Å². The molecule has 0 aromatic heterocycles. The Morgan fingerprint density at radius 1 is 0.864 bits per heavy atom. The minimum atomic E-state index is 0.0258. The van der Waals surface area contributed by atoms with Crippen LogP contribution >= 0.6 is 0 Å². The largest absolute Gasteiger partial charge is 0.395 e. The molecule has 0 aliphatic carbocycles. The summed E-state index contributed by atoms with van der Waals surface area (Å²) in [7, 11) is 0. The first-order valence-electron chi connectivity index (χ1n) is 9.33. The lowest BCUT2D eigenvalue weighted by molar-refractivity contribution is -0.121. The second-order valence-corrected chi connectivity index (χ2v) is 6.05. The van der Waals surface area contributed by atoms with Gasteiger partial charge in [0.2, 0.25) is 5.91 Å². The Morgan fingerprint density at radius 3 is 2.00 bits per heavy atom. The Morgan fingerprint density at radius 2 is 1.41 bits per heavy atom. The number of carbonyl (C=O) groups is 1. The molecule has 0 aromatic carbocycles. The molecule has 0 bridgehead atoms. The fourth-order valence-electron chi connectivity index (χ4n) is 2.46. The average Bonchev–Trinajstić information content (AvgIpc) is 2.53. The van der Waals surface area contributed by atoms with E-state index in [2.05, 4.69) is 24.4 Å². The second-order valence-electron chi connectivity index (χ2n) is 6.05. The molecule has 1 amide bonds. The van der Waals surface area contributed by atoms with Crippen LogP contribution in [0.1, 0.15) is 90.4 Å². The maximum atomic E-state index is 11.3. The Balaban J connectivity index is 3.15. The molecule has 0 fully saturated rings. The van der Waals surface area contributed by atoms with Crippen LogP contribution in [0.4, 0.5) is 0 Å². The number of carbonyl (C=O) groups excluding carboxylic acids is 1. The molecule has 130 valence electrons.